The van der Waals surface area contributed by atoms with Crippen LogP contribution in [0.15, 0.2) is 84.4 Å². The van der Waals surface area contributed by atoms with Crippen molar-refractivity contribution in [3.8, 4) is 5.75 Å². The minimum Gasteiger partial charge on any atom is -0.496 e. The van der Waals surface area contributed by atoms with Crippen molar-refractivity contribution in [2.75, 3.05) is 26.7 Å². The van der Waals surface area contributed by atoms with Gasteiger partial charge < -0.3 is 9.64 Å². The number of carbonyl (C=O) groups excluding carboxylic acids is 1. The van der Waals surface area contributed by atoms with E-state index in [2.05, 4.69) is 80.3 Å². The lowest BCUT2D eigenvalue weighted by molar-refractivity contribution is 0.0974. The second kappa shape index (κ2) is 13.8. The third-order valence-corrected chi connectivity index (χ3v) is 7.52. The summed E-state index contributed by atoms with van der Waals surface area (Å²) >= 11 is 0. The maximum absolute atomic E-state index is 12.7. The van der Waals surface area contributed by atoms with Crippen LogP contribution < -0.4 is 4.74 Å². The first-order valence-corrected chi connectivity index (χ1v) is 13.6. The number of halogens is 1. The Morgan fingerprint density at radius 3 is 2.11 bits per heavy atom. The lowest BCUT2D eigenvalue weighted by Gasteiger charge is -2.30. The highest BCUT2D eigenvalue weighted by atomic mass is 35.5. The van der Waals surface area contributed by atoms with Crippen LogP contribution in [0, 0.1) is 0 Å². The largest absolute Gasteiger partial charge is 0.496 e. The van der Waals surface area contributed by atoms with Crippen molar-refractivity contribution in [2.45, 2.75) is 58.3 Å². The van der Waals surface area contributed by atoms with Gasteiger partial charge >= 0.3 is 0 Å². The number of carbonyl (C=O) groups is 1. The van der Waals surface area contributed by atoms with Crippen molar-refractivity contribution in [3.05, 3.63) is 107 Å². The van der Waals surface area contributed by atoms with E-state index in [1.165, 1.54) is 22.3 Å². The molecule has 38 heavy (non-hydrogen) atoms. The van der Waals surface area contributed by atoms with Crippen LogP contribution in [0.5, 0.6) is 5.75 Å². The first-order chi connectivity index (χ1) is 17.8. The summed E-state index contributed by atoms with van der Waals surface area (Å²) in [6, 6.07) is 27.3. The van der Waals surface area contributed by atoms with Gasteiger partial charge in [-0.15, -0.1) is 12.4 Å². The molecule has 1 aliphatic rings. The number of Topliss-reactive ketones (excluding diaryl/α,β-unsaturated/α-hetero) is 1. The maximum Gasteiger partial charge on any atom is 0.162 e. The second-order valence-corrected chi connectivity index (χ2v) is 11.1. The van der Waals surface area contributed by atoms with E-state index in [1.54, 1.807) is 12.7 Å². The summed E-state index contributed by atoms with van der Waals surface area (Å²) in [5, 5.41) is 0. The summed E-state index contributed by atoms with van der Waals surface area (Å²) in [5.74, 6) is 1.20. The molecule has 1 heterocycles. The minimum absolute atomic E-state index is 0. The Kier molecular flexibility index (Phi) is 10.8. The van der Waals surface area contributed by atoms with Gasteiger partial charge in [0.05, 0.1) is 7.11 Å². The quantitative estimate of drug-likeness (QED) is 0.261. The van der Waals surface area contributed by atoms with Crippen LogP contribution >= 0.6 is 12.4 Å². The first kappa shape index (κ1) is 29.7. The number of allylic oxidation sites excluding steroid dienone is 1. The Bertz CT molecular complexity index is 1200. The van der Waals surface area contributed by atoms with Gasteiger partial charge in [-0.3, -0.25) is 4.79 Å². The normalized spacial score (nSPS) is 14.1. The molecular weight excluding hydrogens is 490 g/mol. The van der Waals surface area contributed by atoms with Crippen LogP contribution in [0.2, 0.25) is 0 Å². The number of ketones is 1. The molecule has 0 unspecified atom stereocenters. The number of nitrogens with zero attached hydrogens (tertiary/aromatic N) is 1. The Morgan fingerprint density at radius 2 is 1.47 bits per heavy atom. The summed E-state index contributed by atoms with van der Waals surface area (Å²) < 4.78 is 5.64. The van der Waals surface area contributed by atoms with E-state index in [-0.39, 0.29) is 23.6 Å². The Balaban J connectivity index is 0.00000400. The van der Waals surface area contributed by atoms with Gasteiger partial charge in [0.25, 0.3) is 0 Å². The Morgan fingerprint density at radius 1 is 0.842 bits per heavy atom. The zero-order valence-electron chi connectivity index (χ0n) is 23.3. The molecule has 0 spiro atoms. The van der Waals surface area contributed by atoms with Crippen LogP contribution in [0.1, 0.15) is 73.5 Å². The van der Waals surface area contributed by atoms with Gasteiger partial charge in [-0.25, -0.2) is 0 Å². The number of methoxy groups -OCH3 is 1. The molecule has 0 atom stereocenters. The first-order valence-electron chi connectivity index (χ1n) is 13.6. The Labute approximate surface area is 235 Å². The molecule has 0 saturated carbocycles. The van der Waals surface area contributed by atoms with Crippen LogP contribution in [0.3, 0.4) is 0 Å². The third-order valence-electron chi connectivity index (χ3n) is 7.52. The molecule has 3 aromatic rings. The van der Waals surface area contributed by atoms with Crippen LogP contribution in [0.4, 0.5) is 0 Å². The van der Waals surface area contributed by atoms with Crippen molar-refractivity contribution >= 4 is 23.8 Å². The van der Waals surface area contributed by atoms with Crippen molar-refractivity contribution < 1.29 is 9.53 Å². The molecule has 0 N–H and O–H groups in total. The number of para-hydroxylation sites is 1. The smallest absolute Gasteiger partial charge is 0.162 e. The zero-order valence-corrected chi connectivity index (χ0v) is 24.2. The van der Waals surface area contributed by atoms with Gasteiger partial charge in [-0.1, -0.05) is 99.1 Å². The molecule has 4 rings (SSSR count). The topological polar surface area (TPSA) is 29.5 Å². The summed E-state index contributed by atoms with van der Waals surface area (Å²) in [5.41, 5.74) is 7.72. The predicted octanol–water partition coefficient (Wildman–Crippen LogP) is 8.17. The molecule has 1 aliphatic heterocycles. The summed E-state index contributed by atoms with van der Waals surface area (Å²) in [6.45, 7) is 9.67. The molecule has 0 aromatic heterocycles. The monoisotopic (exact) mass is 531 g/mol. The van der Waals surface area contributed by atoms with E-state index in [0.29, 0.717) is 6.42 Å². The van der Waals surface area contributed by atoms with Crippen LogP contribution in [-0.4, -0.2) is 37.4 Å². The van der Waals surface area contributed by atoms with E-state index in [1.807, 2.05) is 24.3 Å². The molecule has 3 nitrogen and oxygen atoms in total. The fourth-order valence-electron chi connectivity index (χ4n) is 5.22. The number of hydrogen-bond acceptors (Lipinski definition) is 3. The number of hydrogen-bond donors (Lipinski definition) is 0. The number of likely N-dealkylation sites (tertiary alicyclic amines) is 1. The van der Waals surface area contributed by atoms with Gasteiger partial charge in [-0.2, -0.15) is 0 Å². The lowest BCUT2D eigenvalue weighted by Crippen LogP contribution is -2.32. The minimum atomic E-state index is 0. The van der Waals surface area contributed by atoms with E-state index in [0.717, 1.165) is 56.6 Å². The van der Waals surface area contributed by atoms with Gasteiger partial charge in [0.2, 0.25) is 0 Å². The molecule has 0 bridgehead atoms. The third kappa shape index (κ3) is 7.82. The molecule has 0 aliphatic carbocycles. The molecule has 0 amide bonds. The lowest BCUT2D eigenvalue weighted by atomic mass is 9.86. The summed E-state index contributed by atoms with van der Waals surface area (Å²) in [6.07, 6.45) is 4.54. The van der Waals surface area contributed by atoms with Crippen LogP contribution in [0.25, 0.3) is 5.57 Å². The average molecular weight is 532 g/mol. The fraction of sp³-hybridized carbons (Fsp3) is 0.382. The summed E-state index contributed by atoms with van der Waals surface area (Å²) in [7, 11) is 1.75. The van der Waals surface area contributed by atoms with Gasteiger partial charge in [-0.05, 0) is 59.6 Å². The molecule has 1 fully saturated rings. The zero-order chi connectivity index (χ0) is 26.3. The van der Waals surface area contributed by atoms with E-state index < -0.39 is 0 Å². The summed E-state index contributed by atoms with van der Waals surface area (Å²) in [4.78, 5) is 15.3. The molecular formula is C34H42ClNO2. The standard InChI is InChI=1S/C34H41NO2.ClH/c1-34(2,3)30-18-16-28(17-19-30)32(36)14-10-22-35-23-20-27(21-24-35)31(26-11-6-5-7-12-26)25-29-13-8-9-15-33(29)37-4;/h5-9,11-13,15-19H,10,14,20-25H2,1-4H3;1H. The van der Waals surface area contributed by atoms with E-state index in [9.17, 15) is 4.79 Å². The average Bonchev–Trinajstić information content (AvgIpc) is 2.92. The maximum atomic E-state index is 12.7. The van der Waals surface area contributed by atoms with Gasteiger partial charge in [0.15, 0.2) is 5.78 Å². The van der Waals surface area contributed by atoms with Gasteiger partial charge in [0, 0.05) is 31.5 Å². The number of ether oxygens (including phenoxy) is 1. The molecule has 4 heteroatoms. The highest BCUT2D eigenvalue weighted by Crippen LogP contribution is 2.32. The van der Waals surface area contributed by atoms with Crippen molar-refractivity contribution in [1.29, 1.82) is 0 Å². The van der Waals surface area contributed by atoms with Crippen molar-refractivity contribution in [3.63, 3.8) is 0 Å². The number of piperidine rings is 1. The molecule has 202 valence electrons. The number of benzene rings is 3. The second-order valence-electron chi connectivity index (χ2n) is 11.1. The van der Waals surface area contributed by atoms with Gasteiger partial charge in [0.1, 0.15) is 5.75 Å². The number of rotatable bonds is 9. The molecule has 3 aromatic carbocycles. The fourth-order valence-corrected chi connectivity index (χ4v) is 5.22. The SMILES string of the molecule is COc1ccccc1CC(=C1CCN(CCCC(=O)c2ccc(C(C)(C)C)cc2)CC1)c1ccccc1.Cl. The highest BCUT2D eigenvalue weighted by molar-refractivity contribution is 5.96. The Hall–Kier alpha value is -2.88. The highest BCUT2D eigenvalue weighted by Gasteiger charge is 2.20. The van der Waals surface area contributed by atoms with Crippen molar-refractivity contribution in [2.24, 2.45) is 0 Å². The van der Waals surface area contributed by atoms with E-state index >= 15 is 0 Å². The predicted molar refractivity (Wildman–Crippen MR) is 162 cm³/mol. The molecule has 1 saturated heterocycles. The van der Waals surface area contributed by atoms with E-state index in [4.69, 9.17) is 4.74 Å². The molecule has 0 radical (unpaired) electrons. The van der Waals surface area contributed by atoms with Crippen LogP contribution in [-0.2, 0) is 11.8 Å². The van der Waals surface area contributed by atoms with Crippen molar-refractivity contribution in [1.82, 2.24) is 4.90 Å².